The molecule has 2 aromatic carbocycles. The predicted octanol–water partition coefficient (Wildman–Crippen LogP) is 3.24. The second-order valence-corrected chi connectivity index (χ2v) is 7.40. The molecule has 0 saturated heterocycles. The van der Waals surface area contributed by atoms with Gasteiger partial charge in [-0.1, -0.05) is 46.5 Å². The van der Waals surface area contributed by atoms with Crippen LogP contribution in [0.25, 0.3) is 0 Å². The average Bonchev–Trinajstić information content (AvgIpc) is 2.65. The normalized spacial score (nSPS) is 10.3. The Kier molecular flexibility index (Phi) is 8.49. The third-order valence-electron chi connectivity index (χ3n) is 3.97. The Morgan fingerprint density at radius 2 is 1.66 bits per heavy atom. The lowest BCUT2D eigenvalue weighted by molar-refractivity contribution is -0.147. The van der Waals surface area contributed by atoms with E-state index >= 15 is 0 Å². The molecular formula is C21H22Cl2N2O4. The Bertz CT molecular complexity index is 895. The van der Waals surface area contributed by atoms with Gasteiger partial charge in [0.05, 0.1) is 0 Å². The van der Waals surface area contributed by atoms with Crippen molar-refractivity contribution in [3.05, 3.63) is 68.7 Å². The Hall–Kier alpha value is -2.57. The van der Waals surface area contributed by atoms with Gasteiger partial charge in [0.15, 0.2) is 6.61 Å². The fourth-order valence-corrected chi connectivity index (χ4v) is 3.17. The highest BCUT2D eigenvalue weighted by Gasteiger charge is 2.11. The van der Waals surface area contributed by atoms with Crippen LogP contribution in [0.2, 0.25) is 10.0 Å². The lowest BCUT2D eigenvalue weighted by Crippen LogP contribution is -2.34. The number of carbonyl (C=O) groups excluding carboxylic acids is 3. The molecule has 0 spiro atoms. The van der Waals surface area contributed by atoms with E-state index < -0.39 is 18.5 Å². The second kappa shape index (κ2) is 10.8. The summed E-state index contributed by atoms with van der Waals surface area (Å²) in [6, 6.07) is 10.6. The van der Waals surface area contributed by atoms with Crippen LogP contribution < -0.4 is 10.6 Å². The number of esters is 1. The molecule has 2 aromatic rings. The number of carbonyl (C=O) groups is 3. The maximum absolute atomic E-state index is 12.1. The summed E-state index contributed by atoms with van der Waals surface area (Å²) in [5, 5.41) is 6.18. The summed E-state index contributed by atoms with van der Waals surface area (Å²) >= 11 is 11.9. The molecule has 29 heavy (non-hydrogen) atoms. The van der Waals surface area contributed by atoms with Gasteiger partial charge in [-0.25, -0.2) is 0 Å². The first kappa shape index (κ1) is 22.7. The van der Waals surface area contributed by atoms with E-state index in [4.69, 9.17) is 27.9 Å². The van der Waals surface area contributed by atoms with E-state index in [0.29, 0.717) is 28.6 Å². The summed E-state index contributed by atoms with van der Waals surface area (Å²) in [6.07, 6.45) is 0.516. The highest BCUT2D eigenvalue weighted by atomic mass is 35.5. The van der Waals surface area contributed by atoms with Gasteiger partial charge in [0.2, 0.25) is 0 Å². The van der Waals surface area contributed by atoms with Gasteiger partial charge in [-0.2, -0.15) is 0 Å². The zero-order valence-corrected chi connectivity index (χ0v) is 17.7. The lowest BCUT2D eigenvalue weighted by atomic mass is 10.1. The van der Waals surface area contributed by atoms with Crippen molar-refractivity contribution >= 4 is 41.0 Å². The van der Waals surface area contributed by atoms with Gasteiger partial charge in [-0.05, 0) is 50.1 Å². The van der Waals surface area contributed by atoms with E-state index in [1.807, 2.05) is 19.9 Å². The van der Waals surface area contributed by atoms with Gasteiger partial charge in [-0.15, -0.1) is 0 Å². The first-order valence-electron chi connectivity index (χ1n) is 8.97. The maximum Gasteiger partial charge on any atom is 0.325 e. The Labute approximate surface area is 179 Å². The highest BCUT2D eigenvalue weighted by Crippen LogP contribution is 2.21. The molecule has 0 unspecified atom stereocenters. The quantitative estimate of drug-likeness (QED) is 0.621. The molecule has 154 valence electrons. The minimum atomic E-state index is -0.696. The van der Waals surface area contributed by atoms with Crippen molar-refractivity contribution in [2.45, 2.75) is 20.3 Å². The number of hydrogen-bond donors (Lipinski definition) is 2. The monoisotopic (exact) mass is 436 g/mol. The van der Waals surface area contributed by atoms with E-state index in [9.17, 15) is 14.4 Å². The molecule has 2 N–H and O–H groups in total. The largest absolute Gasteiger partial charge is 0.454 e. The van der Waals surface area contributed by atoms with E-state index in [1.54, 1.807) is 30.3 Å². The topological polar surface area (TPSA) is 84.5 Å². The third-order valence-corrected chi connectivity index (χ3v) is 4.56. The number of amides is 2. The van der Waals surface area contributed by atoms with Gasteiger partial charge < -0.3 is 15.4 Å². The Morgan fingerprint density at radius 3 is 2.31 bits per heavy atom. The fraction of sp³-hybridized carbons (Fsp3) is 0.286. The minimum Gasteiger partial charge on any atom is -0.454 e. The maximum atomic E-state index is 12.1. The average molecular weight is 437 g/mol. The fourth-order valence-electron chi connectivity index (χ4n) is 2.67. The summed E-state index contributed by atoms with van der Waals surface area (Å²) in [4.78, 5) is 35.6. The molecule has 6 nitrogen and oxygen atoms in total. The molecule has 0 radical (unpaired) electrons. The number of aryl methyl sites for hydroxylation is 2. The summed E-state index contributed by atoms with van der Waals surface area (Å²) < 4.78 is 4.87. The van der Waals surface area contributed by atoms with Crippen LogP contribution in [0.3, 0.4) is 0 Å². The molecule has 0 saturated carbocycles. The molecule has 0 fully saturated rings. The van der Waals surface area contributed by atoms with Crippen molar-refractivity contribution in [1.82, 2.24) is 10.6 Å². The molecule has 0 atom stereocenters. The number of ether oxygens (including phenoxy) is 1. The summed E-state index contributed by atoms with van der Waals surface area (Å²) in [5.41, 5.74) is 3.22. The molecule has 0 aliphatic carbocycles. The van der Waals surface area contributed by atoms with Crippen LogP contribution in [-0.2, 0) is 20.7 Å². The molecule has 2 amide bonds. The van der Waals surface area contributed by atoms with Gasteiger partial charge in [0, 0.05) is 22.2 Å². The van der Waals surface area contributed by atoms with Crippen LogP contribution in [0.5, 0.6) is 0 Å². The molecular weight excluding hydrogens is 415 g/mol. The zero-order valence-electron chi connectivity index (χ0n) is 16.2. The second-order valence-electron chi connectivity index (χ2n) is 6.56. The van der Waals surface area contributed by atoms with E-state index in [-0.39, 0.29) is 12.5 Å². The van der Waals surface area contributed by atoms with Crippen LogP contribution in [0, 0.1) is 13.8 Å². The summed E-state index contributed by atoms with van der Waals surface area (Å²) in [6.45, 7) is 3.36. The van der Waals surface area contributed by atoms with Crippen molar-refractivity contribution < 1.29 is 19.1 Å². The molecule has 0 aromatic heterocycles. The number of nitrogens with one attached hydrogen (secondary N) is 2. The first-order chi connectivity index (χ1) is 13.7. The van der Waals surface area contributed by atoms with Crippen molar-refractivity contribution in [3.63, 3.8) is 0 Å². The Balaban J connectivity index is 1.67. The van der Waals surface area contributed by atoms with Crippen LogP contribution in [0.4, 0.5) is 0 Å². The van der Waals surface area contributed by atoms with Crippen LogP contribution in [0.15, 0.2) is 36.4 Å². The molecule has 0 heterocycles. The standard InChI is InChI=1S/C21H22Cl2N2O4/c1-13-7-14(2)9-16(8-13)21(28)25-11-20(27)29-12-19(26)24-6-5-15-3-4-17(22)10-18(15)23/h3-4,7-10H,5-6,11-12H2,1-2H3,(H,24,26)(H,25,28). The molecule has 0 aliphatic rings. The SMILES string of the molecule is Cc1cc(C)cc(C(=O)NCC(=O)OCC(=O)NCCc2ccc(Cl)cc2Cl)c1. The van der Waals surface area contributed by atoms with Gasteiger partial charge in [0.1, 0.15) is 6.54 Å². The van der Waals surface area contributed by atoms with Gasteiger partial charge in [0.25, 0.3) is 11.8 Å². The number of rotatable bonds is 8. The smallest absolute Gasteiger partial charge is 0.325 e. The highest BCUT2D eigenvalue weighted by molar-refractivity contribution is 6.35. The van der Waals surface area contributed by atoms with Crippen molar-refractivity contribution in [1.29, 1.82) is 0 Å². The van der Waals surface area contributed by atoms with Gasteiger partial charge >= 0.3 is 5.97 Å². The lowest BCUT2D eigenvalue weighted by Gasteiger charge is -2.09. The van der Waals surface area contributed by atoms with Crippen molar-refractivity contribution in [2.24, 2.45) is 0 Å². The van der Waals surface area contributed by atoms with Crippen molar-refractivity contribution in [2.75, 3.05) is 19.7 Å². The summed E-state index contributed by atoms with van der Waals surface area (Å²) in [5.74, 6) is -1.51. The molecule has 0 bridgehead atoms. The van der Waals surface area contributed by atoms with Crippen molar-refractivity contribution in [3.8, 4) is 0 Å². The third kappa shape index (κ3) is 7.75. The van der Waals surface area contributed by atoms with Gasteiger partial charge in [-0.3, -0.25) is 14.4 Å². The van der Waals surface area contributed by atoms with E-state index in [0.717, 1.165) is 16.7 Å². The van der Waals surface area contributed by atoms with Crippen LogP contribution in [0.1, 0.15) is 27.0 Å². The number of hydrogen-bond acceptors (Lipinski definition) is 4. The molecule has 8 heteroatoms. The molecule has 2 rings (SSSR count). The number of benzene rings is 2. The number of halogens is 2. The molecule has 0 aliphatic heterocycles. The zero-order chi connectivity index (χ0) is 21.4. The van der Waals surface area contributed by atoms with Crippen LogP contribution >= 0.6 is 23.2 Å². The van der Waals surface area contributed by atoms with Crippen LogP contribution in [-0.4, -0.2) is 37.5 Å². The summed E-state index contributed by atoms with van der Waals surface area (Å²) in [7, 11) is 0. The predicted molar refractivity (Wildman–Crippen MR) is 112 cm³/mol. The van der Waals surface area contributed by atoms with E-state index in [2.05, 4.69) is 10.6 Å². The van der Waals surface area contributed by atoms with E-state index in [1.165, 1.54) is 0 Å². The Morgan fingerprint density at radius 1 is 0.966 bits per heavy atom. The first-order valence-corrected chi connectivity index (χ1v) is 9.73. The minimum absolute atomic E-state index is 0.320.